The molecule has 2 fully saturated rings. The number of rotatable bonds is 4. The van der Waals surface area contributed by atoms with E-state index in [2.05, 4.69) is 0 Å². The number of benzene rings is 1. The molecule has 0 bridgehead atoms. The summed E-state index contributed by atoms with van der Waals surface area (Å²) in [7, 11) is 1.62. The standard InChI is InChI=1S/C17H21NO4/c1-22-13-4-2-12(3-5-13)10-15(19)18-8-6-17(7-9-18)11-14(17)16(20)21/h2-5,14H,6-11H2,1H3,(H,20,21). The van der Waals surface area contributed by atoms with Crippen LogP contribution in [0.3, 0.4) is 0 Å². The average Bonchev–Trinajstić information content (AvgIpc) is 3.22. The van der Waals surface area contributed by atoms with Crippen LogP contribution in [0.4, 0.5) is 0 Å². The molecule has 2 aliphatic rings. The van der Waals surface area contributed by atoms with Crippen molar-refractivity contribution in [2.75, 3.05) is 20.2 Å². The summed E-state index contributed by atoms with van der Waals surface area (Å²) in [6.45, 7) is 1.36. The number of ether oxygens (including phenoxy) is 1. The summed E-state index contributed by atoms with van der Waals surface area (Å²) in [4.78, 5) is 25.3. The molecule has 1 saturated heterocycles. The molecule has 5 heteroatoms. The van der Waals surface area contributed by atoms with Gasteiger partial charge in [0.05, 0.1) is 19.4 Å². The molecular weight excluding hydrogens is 282 g/mol. The molecule has 1 aromatic rings. The molecule has 3 rings (SSSR count). The number of carbonyl (C=O) groups is 2. The number of carbonyl (C=O) groups excluding carboxylic acids is 1. The van der Waals surface area contributed by atoms with Gasteiger partial charge in [-0.15, -0.1) is 0 Å². The number of nitrogens with zero attached hydrogens (tertiary/aromatic N) is 1. The third kappa shape index (κ3) is 2.80. The number of amides is 1. The Morgan fingerprint density at radius 1 is 1.27 bits per heavy atom. The Labute approximate surface area is 129 Å². The lowest BCUT2D eigenvalue weighted by Crippen LogP contribution is -2.40. The average molecular weight is 303 g/mol. The van der Waals surface area contributed by atoms with Crippen molar-refractivity contribution in [2.45, 2.75) is 25.7 Å². The van der Waals surface area contributed by atoms with Gasteiger partial charge < -0.3 is 14.7 Å². The molecule has 0 aromatic heterocycles. The van der Waals surface area contributed by atoms with Crippen molar-refractivity contribution in [3.8, 4) is 5.75 Å². The third-order valence-corrected chi connectivity index (χ3v) is 5.11. The normalized spacial score (nSPS) is 22.4. The van der Waals surface area contributed by atoms with Crippen LogP contribution >= 0.6 is 0 Å². The van der Waals surface area contributed by atoms with E-state index in [-0.39, 0.29) is 17.2 Å². The van der Waals surface area contributed by atoms with Gasteiger partial charge in [-0.1, -0.05) is 12.1 Å². The van der Waals surface area contributed by atoms with Gasteiger partial charge in [0.2, 0.25) is 5.91 Å². The molecule has 1 aliphatic carbocycles. The molecule has 1 aromatic carbocycles. The lowest BCUT2D eigenvalue weighted by Gasteiger charge is -2.32. The highest BCUT2D eigenvalue weighted by molar-refractivity contribution is 5.79. The van der Waals surface area contributed by atoms with Crippen LogP contribution in [0.2, 0.25) is 0 Å². The molecule has 1 spiro atoms. The van der Waals surface area contributed by atoms with Crippen LogP contribution in [0.5, 0.6) is 5.75 Å². The van der Waals surface area contributed by atoms with Crippen molar-refractivity contribution in [3.63, 3.8) is 0 Å². The Kier molecular flexibility index (Phi) is 3.81. The van der Waals surface area contributed by atoms with Crippen molar-refractivity contribution in [1.82, 2.24) is 4.90 Å². The first kappa shape index (κ1) is 14.9. The molecule has 0 radical (unpaired) electrons. The second kappa shape index (κ2) is 5.63. The largest absolute Gasteiger partial charge is 0.497 e. The van der Waals surface area contributed by atoms with Gasteiger partial charge >= 0.3 is 5.97 Å². The minimum absolute atomic E-state index is 0.0251. The summed E-state index contributed by atoms with van der Waals surface area (Å²) in [5, 5.41) is 9.09. The number of likely N-dealkylation sites (tertiary alicyclic amines) is 1. The van der Waals surface area contributed by atoms with E-state index in [1.54, 1.807) is 7.11 Å². The second-order valence-electron chi connectivity index (χ2n) is 6.36. The second-order valence-corrected chi connectivity index (χ2v) is 6.36. The maximum Gasteiger partial charge on any atom is 0.307 e. The summed E-state index contributed by atoms with van der Waals surface area (Å²) < 4.78 is 5.11. The van der Waals surface area contributed by atoms with Crippen LogP contribution in [0, 0.1) is 11.3 Å². The summed E-state index contributed by atoms with van der Waals surface area (Å²) in [6.07, 6.45) is 2.80. The van der Waals surface area contributed by atoms with E-state index in [4.69, 9.17) is 9.84 Å². The van der Waals surface area contributed by atoms with Crippen molar-refractivity contribution in [1.29, 1.82) is 0 Å². The number of carboxylic acid groups (broad SMARTS) is 1. The first-order valence-corrected chi connectivity index (χ1v) is 7.68. The van der Waals surface area contributed by atoms with Crippen LogP contribution in [0.15, 0.2) is 24.3 Å². The highest BCUT2D eigenvalue weighted by atomic mass is 16.5. The van der Waals surface area contributed by atoms with E-state index in [9.17, 15) is 9.59 Å². The highest BCUT2D eigenvalue weighted by Gasteiger charge is 2.59. The summed E-state index contributed by atoms with van der Waals surface area (Å²) in [5.41, 5.74) is 0.948. The molecule has 1 atom stereocenters. The lowest BCUT2D eigenvalue weighted by atomic mass is 9.90. The molecule has 1 aliphatic heterocycles. The topological polar surface area (TPSA) is 66.8 Å². The summed E-state index contributed by atoms with van der Waals surface area (Å²) in [5.74, 6) is 0.0291. The van der Waals surface area contributed by atoms with Crippen molar-refractivity contribution in [2.24, 2.45) is 11.3 Å². The first-order chi connectivity index (χ1) is 10.5. The van der Waals surface area contributed by atoms with E-state index in [1.165, 1.54) is 0 Å². The minimum Gasteiger partial charge on any atom is -0.497 e. The summed E-state index contributed by atoms with van der Waals surface area (Å²) >= 11 is 0. The predicted octanol–water partition coefficient (Wildman–Crippen LogP) is 1.95. The Morgan fingerprint density at radius 2 is 1.91 bits per heavy atom. The fourth-order valence-electron chi connectivity index (χ4n) is 3.48. The van der Waals surface area contributed by atoms with E-state index < -0.39 is 5.97 Å². The predicted molar refractivity (Wildman–Crippen MR) is 80.7 cm³/mol. The van der Waals surface area contributed by atoms with Gasteiger partial charge in [0.1, 0.15) is 5.75 Å². The summed E-state index contributed by atoms with van der Waals surface area (Å²) in [6, 6.07) is 7.53. The van der Waals surface area contributed by atoms with Crippen LogP contribution in [0.1, 0.15) is 24.8 Å². The lowest BCUT2D eigenvalue weighted by molar-refractivity contribution is -0.139. The Morgan fingerprint density at radius 3 is 2.41 bits per heavy atom. The third-order valence-electron chi connectivity index (χ3n) is 5.11. The monoisotopic (exact) mass is 303 g/mol. The van der Waals surface area contributed by atoms with Crippen LogP contribution in [0.25, 0.3) is 0 Å². The SMILES string of the molecule is COc1ccc(CC(=O)N2CCC3(CC2)CC3C(=O)O)cc1. The fourth-order valence-corrected chi connectivity index (χ4v) is 3.48. The zero-order chi connectivity index (χ0) is 15.7. The van der Waals surface area contributed by atoms with Crippen LogP contribution in [-0.2, 0) is 16.0 Å². The Bertz CT molecular complexity index is 573. The fraction of sp³-hybridized carbons (Fsp3) is 0.529. The zero-order valence-electron chi connectivity index (χ0n) is 12.7. The Balaban J connectivity index is 1.53. The molecule has 118 valence electrons. The molecule has 1 unspecified atom stereocenters. The molecular formula is C17H21NO4. The van der Waals surface area contributed by atoms with Crippen molar-refractivity contribution >= 4 is 11.9 Å². The smallest absolute Gasteiger partial charge is 0.307 e. The number of piperidine rings is 1. The van der Waals surface area contributed by atoms with E-state index in [0.717, 1.165) is 30.6 Å². The van der Waals surface area contributed by atoms with Gasteiger partial charge in [0.25, 0.3) is 0 Å². The number of methoxy groups -OCH3 is 1. The van der Waals surface area contributed by atoms with Crippen LogP contribution < -0.4 is 4.74 Å². The zero-order valence-corrected chi connectivity index (χ0v) is 12.7. The maximum atomic E-state index is 12.3. The molecule has 1 amide bonds. The van der Waals surface area contributed by atoms with E-state index in [1.807, 2.05) is 29.2 Å². The van der Waals surface area contributed by atoms with Crippen molar-refractivity contribution < 1.29 is 19.4 Å². The highest BCUT2D eigenvalue weighted by Crippen LogP contribution is 2.59. The van der Waals surface area contributed by atoms with E-state index in [0.29, 0.717) is 19.5 Å². The minimum atomic E-state index is -0.682. The quantitative estimate of drug-likeness (QED) is 0.923. The van der Waals surface area contributed by atoms with Crippen molar-refractivity contribution in [3.05, 3.63) is 29.8 Å². The van der Waals surface area contributed by atoms with Gasteiger partial charge in [-0.05, 0) is 42.4 Å². The van der Waals surface area contributed by atoms with E-state index >= 15 is 0 Å². The van der Waals surface area contributed by atoms with Crippen LogP contribution in [-0.4, -0.2) is 42.1 Å². The Hall–Kier alpha value is -2.04. The molecule has 1 heterocycles. The van der Waals surface area contributed by atoms with Gasteiger partial charge in [-0.25, -0.2) is 0 Å². The number of hydrogen-bond acceptors (Lipinski definition) is 3. The molecule has 5 nitrogen and oxygen atoms in total. The molecule has 1 saturated carbocycles. The van der Waals surface area contributed by atoms with Gasteiger partial charge in [0.15, 0.2) is 0 Å². The molecule has 22 heavy (non-hydrogen) atoms. The maximum absolute atomic E-state index is 12.3. The van der Waals surface area contributed by atoms with Gasteiger partial charge in [0, 0.05) is 13.1 Å². The van der Waals surface area contributed by atoms with Gasteiger partial charge in [-0.3, -0.25) is 9.59 Å². The number of carboxylic acids is 1. The number of hydrogen-bond donors (Lipinski definition) is 1. The van der Waals surface area contributed by atoms with Gasteiger partial charge in [-0.2, -0.15) is 0 Å². The first-order valence-electron chi connectivity index (χ1n) is 7.68. The number of aliphatic carboxylic acids is 1. The molecule has 1 N–H and O–H groups in total.